The van der Waals surface area contributed by atoms with Gasteiger partial charge in [0.15, 0.2) is 0 Å². The molecule has 0 aliphatic heterocycles. The minimum atomic E-state index is -3.71. The highest BCUT2D eigenvalue weighted by molar-refractivity contribution is 7.92. The molecule has 0 aliphatic carbocycles. The smallest absolute Gasteiger partial charge is 0.303 e. The van der Waals surface area contributed by atoms with E-state index in [0.717, 1.165) is 16.7 Å². The van der Waals surface area contributed by atoms with Gasteiger partial charge in [-0.05, 0) is 60.4 Å². The molecule has 1 unspecified atom stereocenters. The number of aliphatic carboxylic acids is 1. The standard InChI is InChI=1S/C27H29NO6S/c1-20-6-4-10-25(18-20)35(32,33)28-23-9-5-7-21(19-23)12-14-24(29)16-17-34-26-11-3-2-8-22(26)13-15-27(30)31/h2-12,14,18-19,24,28-29H,13,15-17H2,1H3,(H,30,31)/b14-12+. The summed E-state index contributed by atoms with van der Waals surface area (Å²) >= 11 is 0. The van der Waals surface area contributed by atoms with Crippen molar-refractivity contribution in [2.24, 2.45) is 0 Å². The number of ether oxygens (including phenoxy) is 1. The summed E-state index contributed by atoms with van der Waals surface area (Å²) in [7, 11) is -3.71. The summed E-state index contributed by atoms with van der Waals surface area (Å²) in [6, 6.07) is 20.8. The maximum atomic E-state index is 12.7. The molecule has 0 aromatic heterocycles. The first-order chi connectivity index (χ1) is 16.7. The van der Waals surface area contributed by atoms with Crippen molar-refractivity contribution in [2.45, 2.75) is 37.2 Å². The van der Waals surface area contributed by atoms with Crippen molar-refractivity contribution < 1.29 is 28.2 Å². The van der Waals surface area contributed by atoms with Crippen LogP contribution in [0.15, 0.2) is 83.8 Å². The van der Waals surface area contributed by atoms with Crippen LogP contribution in [0.1, 0.15) is 29.5 Å². The van der Waals surface area contributed by atoms with Crippen molar-refractivity contribution in [1.29, 1.82) is 0 Å². The second kappa shape index (κ2) is 12.2. The number of aryl methyl sites for hydroxylation is 2. The van der Waals surface area contributed by atoms with Crippen LogP contribution in [0.5, 0.6) is 5.75 Å². The number of rotatable bonds is 12. The maximum absolute atomic E-state index is 12.7. The number of nitrogens with one attached hydrogen (secondary N) is 1. The molecular formula is C27H29NO6S. The quantitative estimate of drug-likeness (QED) is 0.337. The molecule has 3 aromatic carbocycles. The van der Waals surface area contributed by atoms with Gasteiger partial charge in [-0.15, -0.1) is 0 Å². The Kier molecular flexibility index (Phi) is 9.05. The largest absolute Gasteiger partial charge is 0.493 e. The Hall–Kier alpha value is -3.62. The number of sulfonamides is 1. The Morgan fingerprint density at radius 1 is 1.06 bits per heavy atom. The summed E-state index contributed by atoms with van der Waals surface area (Å²) in [5.74, 6) is -0.258. The molecule has 0 amide bonds. The lowest BCUT2D eigenvalue weighted by atomic mass is 10.1. The van der Waals surface area contributed by atoms with Crippen LogP contribution in [0.4, 0.5) is 5.69 Å². The number of hydrogen-bond acceptors (Lipinski definition) is 5. The zero-order valence-electron chi connectivity index (χ0n) is 19.4. The highest BCUT2D eigenvalue weighted by Crippen LogP contribution is 2.21. The molecule has 3 N–H and O–H groups in total. The number of benzene rings is 3. The average Bonchev–Trinajstić information content (AvgIpc) is 2.82. The molecule has 1 atom stereocenters. The number of carbonyl (C=O) groups is 1. The second-order valence-electron chi connectivity index (χ2n) is 8.11. The number of aliphatic hydroxyl groups is 1. The molecule has 184 valence electrons. The SMILES string of the molecule is Cc1cccc(S(=O)(=O)Nc2cccc(/C=C/C(O)CCOc3ccccc3CCC(=O)O)c2)c1. The van der Waals surface area contributed by atoms with Crippen molar-refractivity contribution >= 4 is 27.8 Å². The number of carboxylic acid groups (broad SMARTS) is 1. The van der Waals surface area contributed by atoms with Crippen LogP contribution in [0.2, 0.25) is 0 Å². The van der Waals surface area contributed by atoms with Gasteiger partial charge in [0.2, 0.25) is 0 Å². The van der Waals surface area contributed by atoms with Crippen molar-refractivity contribution in [2.75, 3.05) is 11.3 Å². The normalized spacial score (nSPS) is 12.4. The van der Waals surface area contributed by atoms with E-state index in [2.05, 4.69) is 4.72 Å². The Morgan fingerprint density at radius 2 is 1.83 bits per heavy atom. The van der Waals surface area contributed by atoms with Gasteiger partial charge in [0.25, 0.3) is 10.0 Å². The fraction of sp³-hybridized carbons (Fsp3) is 0.222. The van der Waals surface area contributed by atoms with E-state index in [1.165, 1.54) is 0 Å². The first-order valence-electron chi connectivity index (χ1n) is 11.2. The van der Waals surface area contributed by atoms with Crippen LogP contribution >= 0.6 is 0 Å². The lowest BCUT2D eigenvalue weighted by Crippen LogP contribution is -2.13. The Bertz CT molecular complexity index is 1290. The van der Waals surface area contributed by atoms with Gasteiger partial charge in [0.05, 0.1) is 17.6 Å². The van der Waals surface area contributed by atoms with Gasteiger partial charge >= 0.3 is 5.97 Å². The summed E-state index contributed by atoms with van der Waals surface area (Å²) in [6.45, 7) is 2.09. The number of anilines is 1. The van der Waals surface area contributed by atoms with Crippen molar-refractivity contribution in [1.82, 2.24) is 0 Å². The monoisotopic (exact) mass is 495 g/mol. The summed E-state index contributed by atoms with van der Waals surface area (Å²) in [5.41, 5.74) is 2.81. The predicted octanol–water partition coefficient (Wildman–Crippen LogP) is 4.66. The van der Waals surface area contributed by atoms with E-state index in [9.17, 15) is 18.3 Å². The lowest BCUT2D eigenvalue weighted by Gasteiger charge is -2.12. The zero-order chi connectivity index (χ0) is 25.3. The molecule has 0 fully saturated rings. The van der Waals surface area contributed by atoms with E-state index in [4.69, 9.17) is 9.84 Å². The molecule has 3 aromatic rings. The predicted molar refractivity (Wildman–Crippen MR) is 136 cm³/mol. The molecular weight excluding hydrogens is 466 g/mol. The molecule has 7 nitrogen and oxygen atoms in total. The summed E-state index contributed by atoms with van der Waals surface area (Å²) in [4.78, 5) is 11.0. The van der Waals surface area contributed by atoms with Gasteiger partial charge in [0, 0.05) is 18.5 Å². The summed E-state index contributed by atoms with van der Waals surface area (Å²) < 4.78 is 33.6. The van der Waals surface area contributed by atoms with Crippen LogP contribution in [-0.2, 0) is 21.2 Å². The summed E-state index contributed by atoms with van der Waals surface area (Å²) in [5, 5.41) is 19.2. The second-order valence-corrected chi connectivity index (χ2v) is 9.79. The van der Waals surface area contributed by atoms with Gasteiger partial charge in [-0.2, -0.15) is 0 Å². The fourth-order valence-corrected chi connectivity index (χ4v) is 4.56. The average molecular weight is 496 g/mol. The number of carboxylic acids is 1. The number of para-hydroxylation sites is 1. The minimum Gasteiger partial charge on any atom is -0.493 e. The molecule has 0 bridgehead atoms. The first kappa shape index (κ1) is 26.0. The molecule has 3 rings (SSSR count). The zero-order valence-corrected chi connectivity index (χ0v) is 20.2. The topological polar surface area (TPSA) is 113 Å². The minimum absolute atomic E-state index is 0.0198. The van der Waals surface area contributed by atoms with Crippen LogP contribution in [0, 0.1) is 6.92 Å². The molecule has 0 saturated heterocycles. The van der Waals surface area contributed by atoms with Gasteiger partial charge < -0.3 is 14.9 Å². The number of hydrogen-bond donors (Lipinski definition) is 3. The lowest BCUT2D eigenvalue weighted by molar-refractivity contribution is -0.136. The summed E-state index contributed by atoms with van der Waals surface area (Å²) in [6.07, 6.45) is 3.30. The third-order valence-corrected chi connectivity index (χ3v) is 6.58. The van der Waals surface area contributed by atoms with E-state index in [0.29, 0.717) is 24.3 Å². The van der Waals surface area contributed by atoms with Crippen molar-refractivity contribution in [3.05, 3.63) is 95.6 Å². The van der Waals surface area contributed by atoms with E-state index in [1.807, 2.05) is 37.3 Å². The van der Waals surface area contributed by atoms with E-state index < -0.39 is 22.1 Å². The third kappa shape index (κ3) is 8.27. The Morgan fingerprint density at radius 3 is 2.60 bits per heavy atom. The molecule has 0 saturated carbocycles. The van der Waals surface area contributed by atoms with Gasteiger partial charge in [-0.3, -0.25) is 9.52 Å². The Labute approximate surface area is 205 Å². The fourth-order valence-electron chi connectivity index (χ4n) is 3.40. The van der Waals surface area contributed by atoms with Crippen LogP contribution in [0.25, 0.3) is 6.08 Å². The van der Waals surface area contributed by atoms with Crippen molar-refractivity contribution in [3.8, 4) is 5.75 Å². The Balaban J connectivity index is 1.55. The molecule has 0 spiro atoms. The molecule has 8 heteroatoms. The molecule has 0 aliphatic rings. The van der Waals surface area contributed by atoms with Crippen LogP contribution < -0.4 is 9.46 Å². The third-order valence-electron chi connectivity index (χ3n) is 5.20. The van der Waals surface area contributed by atoms with Crippen LogP contribution in [0.3, 0.4) is 0 Å². The van der Waals surface area contributed by atoms with Crippen LogP contribution in [-0.4, -0.2) is 37.3 Å². The highest BCUT2D eigenvalue weighted by atomic mass is 32.2. The van der Waals surface area contributed by atoms with Crippen molar-refractivity contribution in [3.63, 3.8) is 0 Å². The van der Waals surface area contributed by atoms with Gasteiger partial charge in [-0.1, -0.05) is 54.6 Å². The highest BCUT2D eigenvalue weighted by Gasteiger charge is 2.14. The molecule has 0 heterocycles. The molecule has 0 radical (unpaired) electrons. The van der Waals surface area contributed by atoms with Gasteiger partial charge in [0.1, 0.15) is 5.75 Å². The maximum Gasteiger partial charge on any atom is 0.303 e. The first-order valence-corrected chi connectivity index (χ1v) is 12.7. The van der Waals surface area contributed by atoms with E-state index >= 15 is 0 Å². The molecule has 35 heavy (non-hydrogen) atoms. The van der Waals surface area contributed by atoms with E-state index in [-0.39, 0.29) is 17.9 Å². The van der Waals surface area contributed by atoms with Gasteiger partial charge in [-0.25, -0.2) is 8.42 Å². The number of aliphatic hydroxyl groups excluding tert-OH is 1. The van der Waals surface area contributed by atoms with E-state index in [1.54, 1.807) is 54.6 Å².